The number of benzene rings is 2. The molecule has 29 heavy (non-hydrogen) atoms. The summed E-state index contributed by atoms with van der Waals surface area (Å²) in [4.78, 5) is 28.9. The second kappa shape index (κ2) is 8.66. The summed E-state index contributed by atoms with van der Waals surface area (Å²) in [7, 11) is 1.66. The standard InChI is InChI=1S/C23H27N3O3/c1-29-21-6-3-2-5-19(21)20-15-24-12-14-26(20)23(28)18-10-8-17(9-11-18)16-25-13-4-7-22(25)27/h2-3,5-6,8-11,20,24H,4,7,12-16H2,1H3. The molecule has 2 heterocycles. The zero-order valence-corrected chi connectivity index (χ0v) is 16.8. The summed E-state index contributed by atoms with van der Waals surface area (Å²) in [6.07, 6.45) is 1.58. The van der Waals surface area contributed by atoms with E-state index < -0.39 is 0 Å². The van der Waals surface area contributed by atoms with Gasteiger partial charge in [-0.15, -0.1) is 0 Å². The van der Waals surface area contributed by atoms with Gasteiger partial charge >= 0.3 is 0 Å². The van der Waals surface area contributed by atoms with Crippen LogP contribution in [-0.2, 0) is 11.3 Å². The Morgan fingerprint density at radius 1 is 1.14 bits per heavy atom. The largest absolute Gasteiger partial charge is 0.496 e. The van der Waals surface area contributed by atoms with Gasteiger partial charge in [-0.1, -0.05) is 30.3 Å². The van der Waals surface area contributed by atoms with Gasteiger partial charge in [0, 0.05) is 50.3 Å². The van der Waals surface area contributed by atoms with Gasteiger partial charge in [0.15, 0.2) is 0 Å². The van der Waals surface area contributed by atoms with Gasteiger partial charge in [-0.3, -0.25) is 9.59 Å². The van der Waals surface area contributed by atoms with Crippen molar-refractivity contribution in [3.8, 4) is 5.75 Å². The van der Waals surface area contributed by atoms with Crippen molar-refractivity contribution in [1.29, 1.82) is 0 Å². The molecule has 2 aliphatic rings. The molecule has 0 bridgehead atoms. The van der Waals surface area contributed by atoms with Crippen molar-refractivity contribution in [2.24, 2.45) is 0 Å². The van der Waals surface area contributed by atoms with Gasteiger partial charge in [0.1, 0.15) is 5.75 Å². The first-order chi connectivity index (χ1) is 14.2. The molecule has 152 valence electrons. The molecule has 1 unspecified atom stereocenters. The van der Waals surface area contributed by atoms with Crippen LogP contribution in [0.15, 0.2) is 48.5 Å². The van der Waals surface area contributed by atoms with Crippen molar-refractivity contribution >= 4 is 11.8 Å². The Kier molecular flexibility index (Phi) is 5.81. The topological polar surface area (TPSA) is 61.9 Å². The summed E-state index contributed by atoms with van der Waals surface area (Å²) in [5, 5.41) is 3.39. The Bertz CT molecular complexity index is 881. The van der Waals surface area contributed by atoms with E-state index in [1.807, 2.05) is 58.3 Å². The van der Waals surface area contributed by atoms with Gasteiger partial charge in [0.05, 0.1) is 13.2 Å². The molecule has 2 aromatic carbocycles. The molecule has 4 rings (SSSR count). The lowest BCUT2D eigenvalue weighted by Crippen LogP contribution is -2.48. The number of carbonyl (C=O) groups is 2. The summed E-state index contributed by atoms with van der Waals surface area (Å²) in [5.41, 5.74) is 2.74. The van der Waals surface area contributed by atoms with E-state index in [9.17, 15) is 9.59 Å². The zero-order chi connectivity index (χ0) is 20.2. The van der Waals surface area contributed by atoms with Crippen molar-refractivity contribution in [1.82, 2.24) is 15.1 Å². The van der Waals surface area contributed by atoms with Crippen LogP contribution in [0.25, 0.3) is 0 Å². The van der Waals surface area contributed by atoms with E-state index in [1.165, 1.54) is 0 Å². The van der Waals surface area contributed by atoms with Crippen molar-refractivity contribution in [2.75, 3.05) is 33.3 Å². The predicted octanol–water partition coefficient (Wildman–Crippen LogP) is 2.60. The molecule has 1 N–H and O–H groups in total. The number of para-hydroxylation sites is 1. The molecule has 1 atom stereocenters. The van der Waals surface area contributed by atoms with Crippen LogP contribution in [0.3, 0.4) is 0 Å². The molecule has 2 saturated heterocycles. The van der Waals surface area contributed by atoms with Crippen LogP contribution in [0.1, 0.15) is 40.4 Å². The lowest BCUT2D eigenvalue weighted by molar-refractivity contribution is -0.128. The number of hydrogen-bond donors (Lipinski definition) is 1. The minimum atomic E-state index is -0.0747. The highest BCUT2D eigenvalue weighted by Gasteiger charge is 2.30. The molecule has 2 aliphatic heterocycles. The number of hydrogen-bond acceptors (Lipinski definition) is 4. The Morgan fingerprint density at radius 3 is 2.66 bits per heavy atom. The van der Waals surface area contributed by atoms with Gasteiger partial charge in [-0.2, -0.15) is 0 Å². The van der Waals surface area contributed by atoms with Gasteiger partial charge in [0.25, 0.3) is 5.91 Å². The van der Waals surface area contributed by atoms with Crippen molar-refractivity contribution in [2.45, 2.75) is 25.4 Å². The van der Waals surface area contributed by atoms with Crippen LogP contribution in [0.4, 0.5) is 0 Å². The molecule has 0 aromatic heterocycles. The molecule has 2 aromatic rings. The Hall–Kier alpha value is -2.86. The zero-order valence-electron chi connectivity index (χ0n) is 16.8. The summed E-state index contributed by atoms with van der Waals surface area (Å²) in [5.74, 6) is 1.03. The van der Waals surface area contributed by atoms with Crippen LogP contribution in [0, 0.1) is 0 Å². The smallest absolute Gasteiger partial charge is 0.254 e. The SMILES string of the molecule is COc1ccccc1C1CNCCN1C(=O)c1ccc(CN2CCCC2=O)cc1. The first kappa shape index (κ1) is 19.5. The first-order valence-electron chi connectivity index (χ1n) is 10.2. The third kappa shape index (κ3) is 4.12. The molecule has 6 heteroatoms. The molecule has 6 nitrogen and oxygen atoms in total. The monoisotopic (exact) mass is 393 g/mol. The van der Waals surface area contributed by atoms with Crippen LogP contribution in [0.5, 0.6) is 5.75 Å². The minimum absolute atomic E-state index is 0.0196. The van der Waals surface area contributed by atoms with Gasteiger partial charge < -0.3 is 19.9 Å². The minimum Gasteiger partial charge on any atom is -0.496 e. The van der Waals surface area contributed by atoms with Crippen LogP contribution in [0.2, 0.25) is 0 Å². The second-order valence-corrected chi connectivity index (χ2v) is 7.58. The van der Waals surface area contributed by atoms with E-state index in [-0.39, 0.29) is 17.9 Å². The van der Waals surface area contributed by atoms with Crippen LogP contribution < -0.4 is 10.1 Å². The molecule has 2 fully saturated rings. The average molecular weight is 393 g/mol. The number of nitrogens with one attached hydrogen (secondary N) is 1. The van der Waals surface area contributed by atoms with Crippen molar-refractivity contribution < 1.29 is 14.3 Å². The molecular weight excluding hydrogens is 366 g/mol. The average Bonchev–Trinajstić information content (AvgIpc) is 3.18. The summed E-state index contributed by atoms with van der Waals surface area (Å²) in [6.45, 7) is 3.55. The number of nitrogens with zero attached hydrogens (tertiary/aromatic N) is 2. The number of likely N-dealkylation sites (tertiary alicyclic amines) is 1. The molecule has 0 radical (unpaired) electrons. The van der Waals surface area contributed by atoms with Crippen molar-refractivity contribution in [3.05, 3.63) is 65.2 Å². The quantitative estimate of drug-likeness (QED) is 0.848. The Morgan fingerprint density at radius 2 is 1.93 bits per heavy atom. The molecule has 0 aliphatic carbocycles. The summed E-state index contributed by atoms with van der Waals surface area (Å²) >= 11 is 0. The first-order valence-corrected chi connectivity index (χ1v) is 10.2. The Balaban J connectivity index is 1.51. The van der Waals surface area contributed by atoms with Gasteiger partial charge in [-0.05, 0) is 30.2 Å². The molecular formula is C23H27N3O3. The molecule has 0 spiro atoms. The number of ether oxygens (including phenoxy) is 1. The van der Waals surface area contributed by atoms with Crippen molar-refractivity contribution in [3.63, 3.8) is 0 Å². The van der Waals surface area contributed by atoms with E-state index in [1.54, 1.807) is 7.11 Å². The fraction of sp³-hybridized carbons (Fsp3) is 0.391. The third-order valence-corrected chi connectivity index (χ3v) is 5.75. The second-order valence-electron chi connectivity index (χ2n) is 7.58. The number of rotatable bonds is 5. The fourth-order valence-corrected chi connectivity index (χ4v) is 4.18. The molecule has 2 amide bonds. The number of amides is 2. The lowest BCUT2D eigenvalue weighted by Gasteiger charge is -2.37. The number of carbonyl (C=O) groups excluding carboxylic acids is 2. The van der Waals surface area contributed by atoms with E-state index in [0.29, 0.717) is 31.6 Å². The third-order valence-electron chi connectivity index (χ3n) is 5.75. The van der Waals surface area contributed by atoms with Gasteiger partial charge in [0.2, 0.25) is 5.91 Å². The summed E-state index contributed by atoms with van der Waals surface area (Å²) in [6, 6.07) is 15.5. The lowest BCUT2D eigenvalue weighted by atomic mass is 10.0. The Labute approximate surface area is 171 Å². The van der Waals surface area contributed by atoms with Crippen LogP contribution in [-0.4, -0.2) is 54.9 Å². The fourth-order valence-electron chi connectivity index (χ4n) is 4.18. The maximum atomic E-state index is 13.3. The van der Waals surface area contributed by atoms with Crippen LogP contribution >= 0.6 is 0 Å². The summed E-state index contributed by atoms with van der Waals surface area (Å²) < 4.78 is 5.52. The normalized spacial score (nSPS) is 19.5. The van der Waals surface area contributed by atoms with Gasteiger partial charge in [-0.25, -0.2) is 0 Å². The number of methoxy groups -OCH3 is 1. The molecule has 0 saturated carbocycles. The highest BCUT2D eigenvalue weighted by atomic mass is 16.5. The van der Waals surface area contributed by atoms with E-state index in [4.69, 9.17) is 4.74 Å². The maximum Gasteiger partial charge on any atom is 0.254 e. The van der Waals surface area contributed by atoms with E-state index in [0.717, 1.165) is 36.4 Å². The van der Waals surface area contributed by atoms with E-state index >= 15 is 0 Å². The van der Waals surface area contributed by atoms with E-state index in [2.05, 4.69) is 5.32 Å². The number of piperazine rings is 1. The predicted molar refractivity (Wildman–Crippen MR) is 111 cm³/mol. The highest BCUT2D eigenvalue weighted by Crippen LogP contribution is 2.31. The highest BCUT2D eigenvalue weighted by molar-refractivity contribution is 5.94. The maximum absolute atomic E-state index is 13.3.